The number of nitrogen functional groups attached to an aromatic ring is 1. The van der Waals surface area contributed by atoms with Crippen molar-refractivity contribution in [3.8, 4) is 0 Å². The lowest BCUT2D eigenvalue weighted by molar-refractivity contribution is -0.129. The molecule has 0 saturated carbocycles. The van der Waals surface area contributed by atoms with E-state index in [1.807, 2.05) is 0 Å². The van der Waals surface area contributed by atoms with E-state index in [0.717, 1.165) is 11.3 Å². The second-order valence-corrected chi connectivity index (χ2v) is 3.46. The quantitative estimate of drug-likeness (QED) is 0.638. The Hall–Kier alpha value is -1.65. The lowest BCUT2D eigenvalue weighted by Crippen LogP contribution is -2.21. The summed E-state index contributed by atoms with van der Waals surface area (Å²) in [6, 6.07) is 0. The Morgan fingerprint density at radius 1 is 1.43 bits per heavy atom. The van der Waals surface area contributed by atoms with E-state index in [1.165, 1.54) is 0 Å². The average Bonchev–Trinajstić information content (AvgIpc) is 2.47. The van der Waals surface area contributed by atoms with E-state index in [2.05, 4.69) is 9.97 Å². The molecule has 0 fully saturated rings. The Balaban J connectivity index is 2.39. The van der Waals surface area contributed by atoms with Crippen molar-refractivity contribution in [3.63, 3.8) is 0 Å². The molecule has 5 nitrogen and oxygen atoms in total. The second kappa shape index (κ2) is 2.94. The summed E-state index contributed by atoms with van der Waals surface area (Å²) in [7, 11) is 0. The van der Waals surface area contributed by atoms with Gasteiger partial charge in [0.05, 0.1) is 18.8 Å². The number of aryl methyl sites for hydroxylation is 1. The molecule has 0 bridgehead atoms. The molecule has 0 radical (unpaired) electrons. The van der Waals surface area contributed by atoms with Gasteiger partial charge in [0, 0.05) is 12.5 Å². The van der Waals surface area contributed by atoms with Crippen molar-refractivity contribution in [1.82, 2.24) is 14.9 Å². The number of nitrogens with two attached hydrogens (primary N) is 1. The molecular weight excluding hydrogens is 180 g/mol. The summed E-state index contributed by atoms with van der Waals surface area (Å²) < 4.78 is 0. The van der Waals surface area contributed by atoms with Gasteiger partial charge < -0.3 is 10.6 Å². The molecule has 1 amide bonds. The van der Waals surface area contributed by atoms with Crippen LogP contribution < -0.4 is 5.73 Å². The standard InChI is InChI=1S/C9H12N4O/c1-5-11-8-4-13(6(2)14)3-7(8)9(10)12-5/h3-4H2,1-2H3,(H2,10,11,12). The fraction of sp³-hybridized carbons (Fsp3) is 0.444. The van der Waals surface area contributed by atoms with Gasteiger partial charge in [0.2, 0.25) is 5.91 Å². The van der Waals surface area contributed by atoms with Gasteiger partial charge in [-0.3, -0.25) is 4.79 Å². The number of hydrogen-bond donors (Lipinski definition) is 1. The van der Waals surface area contributed by atoms with Gasteiger partial charge in [-0.05, 0) is 6.92 Å². The van der Waals surface area contributed by atoms with Crippen LogP contribution in [-0.4, -0.2) is 20.8 Å². The van der Waals surface area contributed by atoms with Crippen molar-refractivity contribution in [2.24, 2.45) is 0 Å². The highest BCUT2D eigenvalue weighted by Gasteiger charge is 2.24. The maximum Gasteiger partial charge on any atom is 0.220 e. The monoisotopic (exact) mass is 192 g/mol. The molecule has 0 atom stereocenters. The molecular formula is C9H12N4O. The summed E-state index contributed by atoms with van der Waals surface area (Å²) in [6.45, 7) is 4.43. The van der Waals surface area contributed by atoms with Crippen LogP contribution in [-0.2, 0) is 17.9 Å². The zero-order valence-electron chi connectivity index (χ0n) is 8.24. The molecule has 1 aromatic heterocycles. The van der Waals surface area contributed by atoms with E-state index >= 15 is 0 Å². The first-order valence-electron chi connectivity index (χ1n) is 4.45. The van der Waals surface area contributed by atoms with Crippen LogP contribution in [0, 0.1) is 6.92 Å². The lowest BCUT2D eigenvalue weighted by Gasteiger charge is -2.10. The molecule has 0 spiro atoms. The van der Waals surface area contributed by atoms with Gasteiger partial charge in [-0.1, -0.05) is 0 Å². The number of carbonyl (C=O) groups excluding carboxylic acids is 1. The normalized spacial score (nSPS) is 14.3. The Morgan fingerprint density at radius 3 is 2.79 bits per heavy atom. The van der Waals surface area contributed by atoms with E-state index in [4.69, 9.17) is 5.73 Å². The van der Waals surface area contributed by atoms with Gasteiger partial charge in [-0.15, -0.1) is 0 Å². The lowest BCUT2D eigenvalue weighted by atomic mass is 10.2. The molecule has 74 valence electrons. The Morgan fingerprint density at radius 2 is 2.14 bits per heavy atom. The zero-order chi connectivity index (χ0) is 10.3. The number of rotatable bonds is 0. The number of carbonyl (C=O) groups is 1. The van der Waals surface area contributed by atoms with E-state index in [-0.39, 0.29) is 5.91 Å². The summed E-state index contributed by atoms with van der Waals surface area (Å²) in [4.78, 5) is 21.2. The molecule has 14 heavy (non-hydrogen) atoms. The van der Waals surface area contributed by atoms with Gasteiger partial charge in [-0.25, -0.2) is 9.97 Å². The van der Waals surface area contributed by atoms with Crippen LogP contribution >= 0.6 is 0 Å². The highest BCUT2D eigenvalue weighted by molar-refractivity contribution is 5.74. The molecule has 0 aromatic carbocycles. The van der Waals surface area contributed by atoms with Crippen molar-refractivity contribution in [1.29, 1.82) is 0 Å². The van der Waals surface area contributed by atoms with Crippen LogP contribution in [0.4, 0.5) is 5.82 Å². The van der Waals surface area contributed by atoms with Crippen molar-refractivity contribution in [2.45, 2.75) is 26.9 Å². The van der Waals surface area contributed by atoms with Crippen LogP contribution in [0.15, 0.2) is 0 Å². The predicted octanol–water partition coefficient (Wildman–Crippen LogP) is 0.229. The molecule has 1 aliphatic rings. The number of fused-ring (bicyclic) bond motifs is 1. The van der Waals surface area contributed by atoms with Crippen LogP contribution in [0.2, 0.25) is 0 Å². The smallest absolute Gasteiger partial charge is 0.220 e. The SMILES string of the molecule is CC(=O)N1Cc2nc(C)nc(N)c2C1. The van der Waals surface area contributed by atoms with Crippen molar-refractivity contribution in [3.05, 3.63) is 17.1 Å². The largest absolute Gasteiger partial charge is 0.383 e. The maximum atomic E-state index is 11.1. The summed E-state index contributed by atoms with van der Waals surface area (Å²) in [5, 5.41) is 0. The van der Waals surface area contributed by atoms with E-state index < -0.39 is 0 Å². The number of nitrogens with zero attached hydrogens (tertiary/aromatic N) is 3. The first-order chi connectivity index (χ1) is 6.58. The van der Waals surface area contributed by atoms with Crippen molar-refractivity contribution >= 4 is 11.7 Å². The Kier molecular flexibility index (Phi) is 1.87. The van der Waals surface area contributed by atoms with Gasteiger partial charge in [0.15, 0.2) is 0 Å². The number of anilines is 1. The van der Waals surface area contributed by atoms with Gasteiger partial charge >= 0.3 is 0 Å². The Bertz CT molecular complexity index is 402. The van der Waals surface area contributed by atoms with Gasteiger partial charge in [0.1, 0.15) is 11.6 Å². The molecule has 0 unspecified atom stereocenters. The summed E-state index contributed by atoms with van der Waals surface area (Å²) in [5.74, 6) is 1.20. The second-order valence-electron chi connectivity index (χ2n) is 3.46. The predicted molar refractivity (Wildman–Crippen MR) is 51.1 cm³/mol. The number of aromatic nitrogens is 2. The topological polar surface area (TPSA) is 72.1 Å². The van der Waals surface area contributed by atoms with E-state index in [9.17, 15) is 4.79 Å². The summed E-state index contributed by atoms with van der Waals surface area (Å²) in [6.07, 6.45) is 0. The van der Waals surface area contributed by atoms with Crippen LogP contribution in [0.3, 0.4) is 0 Å². The summed E-state index contributed by atoms with van der Waals surface area (Å²) >= 11 is 0. The molecule has 1 aromatic rings. The van der Waals surface area contributed by atoms with Gasteiger partial charge in [0.25, 0.3) is 0 Å². The maximum absolute atomic E-state index is 11.1. The first kappa shape index (κ1) is 8.93. The van der Waals surface area contributed by atoms with Crippen LogP contribution in [0.5, 0.6) is 0 Å². The molecule has 1 aliphatic heterocycles. The zero-order valence-corrected chi connectivity index (χ0v) is 8.24. The Labute approximate surface area is 82.0 Å². The molecule has 2 N–H and O–H groups in total. The van der Waals surface area contributed by atoms with Crippen LogP contribution in [0.25, 0.3) is 0 Å². The molecule has 0 aliphatic carbocycles. The molecule has 0 saturated heterocycles. The number of amides is 1. The third kappa shape index (κ3) is 1.30. The van der Waals surface area contributed by atoms with Gasteiger partial charge in [-0.2, -0.15) is 0 Å². The minimum Gasteiger partial charge on any atom is -0.383 e. The highest BCUT2D eigenvalue weighted by Crippen LogP contribution is 2.24. The van der Waals surface area contributed by atoms with E-state index in [1.54, 1.807) is 18.7 Å². The third-order valence-corrected chi connectivity index (χ3v) is 2.37. The van der Waals surface area contributed by atoms with Crippen molar-refractivity contribution < 1.29 is 4.79 Å². The van der Waals surface area contributed by atoms with Crippen LogP contribution in [0.1, 0.15) is 24.0 Å². The molecule has 2 heterocycles. The minimum absolute atomic E-state index is 0.0417. The fourth-order valence-corrected chi connectivity index (χ4v) is 1.63. The fourth-order valence-electron chi connectivity index (χ4n) is 1.63. The average molecular weight is 192 g/mol. The number of hydrogen-bond acceptors (Lipinski definition) is 4. The summed E-state index contributed by atoms with van der Waals surface area (Å²) in [5.41, 5.74) is 7.52. The molecule has 5 heteroatoms. The minimum atomic E-state index is 0.0417. The van der Waals surface area contributed by atoms with Crippen molar-refractivity contribution in [2.75, 3.05) is 5.73 Å². The first-order valence-corrected chi connectivity index (χ1v) is 4.45. The van der Waals surface area contributed by atoms with E-state index in [0.29, 0.717) is 24.7 Å². The third-order valence-electron chi connectivity index (χ3n) is 2.37. The highest BCUT2D eigenvalue weighted by atomic mass is 16.2. The molecule has 2 rings (SSSR count).